The van der Waals surface area contributed by atoms with Gasteiger partial charge in [-0.2, -0.15) is 0 Å². The molecule has 2 heteroatoms. The lowest BCUT2D eigenvalue weighted by Crippen LogP contribution is -2.14. The molecule has 0 aromatic heterocycles. The van der Waals surface area contributed by atoms with Gasteiger partial charge in [0.2, 0.25) is 0 Å². The van der Waals surface area contributed by atoms with Crippen molar-refractivity contribution in [1.82, 2.24) is 5.32 Å². The highest BCUT2D eigenvalue weighted by molar-refractivity contribution is 5.35. The zero-order valence-corrected chi connectivity index (χ0v) is 9.71. The lowest BCUT2D eigenvalue weighted by Gasteiger charge is -2.07. The van der Waals surface area contributed by atoms with Gasteiger partial charge in [0, 0.05) is 12.1 Å². The first-order chi connectivity index (χ1) is 7.24. The quantitative estimate of drug-likeness (QED) is 0.703. The number of phenolic OH excluding ortho intramolecular Hbond substituents is 1. The second kappa shape index (κ2) is 6.46. The molecule has 2 N–H and O–H groups in total. The van der Waals surface area contributed by atoms with Crippen LogP contribution in [0.4, 0.5) is 0 Å². The fourth-order valence-corrected chi connectivity index (χ4v) is 1.58. The monoisotopic (exact) mass is 207 g/mol. The first kappa shape index (κ1) is 12.1. The van der Waals surface area contributed by atoms with E-state index in [1.54, 1.807) is 6.07 Å². The molecular weight excluding hydrogens is 186 g/mol. The van der Waals surface area contributed by atoms with Crippen LogP contribution in [0.2, 0.25) is 0 Å². The molecule has 0 bridgehead atoms. The average molecular weight is 207 g/mol. The van der Waals surface area contributed by atoms with Crippen LogP contribution in [0.1, 0.15) is 37.3 Å². The standard InChI is InChI=1S/C13H21NO/c1-3-4-5-8-14-10-12-9-11(2)6-7-13(12)15/h6-7,9,14-15H,3-5,8,10H2,1-2H3. The summed E-state index contributed by atoms with van der Waals surface area (Å²) in [5, 5.41) is 12.9. The van der Waals surface area contributed by atoms with E-state index in [1.165, 1.54) is 24.8 Å². The van der Waals surface area contributed by atoms with Gasteiger partial charge in [-0.05, 0) is 26.0 Å². The molecule has 0 saturated heterocycles. The van der Waals surface area contributed by atoms with Crippen molar-refractivity contribution >= 4 is 0 Å². The van der Waals surface area contributed by atoms with Crippen LogP contribution in [0.15, 0.2) is 18.2 Å². The van der Waals surface area contributed by atoms with Crippen LogP contribution in [-0.4, -0.2) is 11.7 Å². The van der Waals surface area contributed by atoms with Gasteiger partial charge in [0.1, 0.15) is 5.75 Å². The Labute approximate surface area is 92.3 Å². The van der Waals surface area contributed by atoms with Crippen molar-refractivity contribution in [1.29, 1.82) is 0 Å². The number of unbranched alkanes of at least 4 members (excludes halogenated alkanes) is 2. The number of aromatic hydroxyl groups is 1. The molecule has 0 heterocycles. The zero-order valence-electron chi connectivity index (χ0n) is 9.71. The first-order valence-electron chi connectivity index (χ1n) is 5.73. The second-order valence-electron chi connectivity index (χ2n) is 4.02. The number of nitrogens with one attached hydrogen (secondary N) is 1. The molecule has 0 amide bonds. The van der Waals surface area contributed by atoms with Gasteiger partial charge in [-0.3, -0.25) is 0 Å². The summed E-state index contributed by atoms with van der Waals surface area (Å²) in [4.78, 5) is 0. The zero-order chi connectivity index (χ0) is 11.1. The van der Waals surface area contributed by atoms with Gasteiger partial charge in [-0.1, -0.05) is 37.5 Å². The van der Waals surface area contributed by atoms with Crippen LogP contribution < -0.4 is 5.32 Å². The fraction of sp³-hybridized carbons (Fsp3) is 0.538. The van der Waals surface area contributed by atoms with Gasteiger partial charge in [0.25, 0.3) is 0 Å². The molecule has 0 aliphatic carbocycles. The van der Waals surface area contributed by atoms with Crippen molar-refractivity contribution in [2.24, 2.45) is 0 Å². The van der Waals surface area contributed by atoms with Crippen LogP contribution in [-0.2, 0) is 6.54 Å². The molecule has 1 aromatic carbocycles. The summed E-state index contributed by atoms with van der Waals surface area (Å²) in [6.07, 6.45) is 3.73. The number of phenols is 1. The van der Waals surface area contributed by atoms with E-state index in [4.69, 9.17) is 0 Å². The topological polar surface area (TPSA) is 32.3 Å². The molecule has 0 spiro atoms. The number of hydrogen-bond acceptors (Lipinski definition) is 2. The minimum Gasteiger partial charge on any atom is -0.508 e. The van der Waals surface area contributed by atoms with E-state index in [2.05, 4.69) is 12.2 Å². The molecule has 15 heavy (non-hydrogen) atoms. The Hall–Kier alpha value is -1.02. The van der Waals surface area contributed by atoms with E-state index in [9.17, 15) is 5.11 Å². The summed E-state index contributed by atoms with van der Waals surface area (Å²) in [5.74, 6) is 0.392. The van der Waals surface area contributed by atoms with Gasteiger partial charge < -0.3 is 10.4 Å². The van der Waals surface area contributed by atoms with Crippen molar-refractivity contribution in [3.05, 3.63) is 29.3 Å². The predicted octanol–water partition coefficient (Wildman–Crippen LogP) is 2.98. The maximum absolute atomic E-state index is 9.60. The summed E-state index contributed by atoms with van der Waals surface area (Å²) in [7, 11) is 0. The molecule has 0 atom stereocenters. The van der Waals surface area contributed by atoms with Gasteiger partial charge in [-0.15, -0.1) is 0 Å². The molecule has 1 aromatic rings. The smallest absolute Gasteiger partial charge is 0.120 e. The number of aryl methyl sites for hydroxylation is 1. The number of hydrogen-bond donors (Lipinski definition) is 2. The van der Waals surface area contributed by atoms with E-state index in [1.807, 2.05) is 19.1 Å². The first-order valence-corrected chi connectivity index (χ1v) is 5.73. The third kappa shape index (κ3) is 4.34. The number of rotatable bonds is 6. The van der Waals surface area contributed by atoms with Crippen molar-refractivity contribution in [3.63, 3.8) is 0 Å². The highest BCUT2D eigenvalue weighted by Crippen LogP contribution is 2.17. The molecule has 0 aliphatic heterocycles. The van der Waals surface area contributed by atoms with Crippen molar-refractivity contribution in [2.45, 2.75) is 39.7 Å². The van der Waals surface area contributed by atoms with Crippen LogP contribution in [0.5, 0.6) is 5.75 Å². The Morgan fingerprint density at radius 1 is 1.27 bits per heavy atom. The summed E-state index contributed by atoms with van der Waals surface area (Å²) in [6, 6.07) is 5.72. The van der Waals surface area contributed by atoms with Crippen molar-refractivity contribution in [2.75, 3.05) is 6.54 Å². The van der Waals surface area contributed by atoms with E-state index in [0.29, 0.717) is 5.75 Å². The van der Waals surface area contributed by atoms with Crippen LogP contribution >= 0.6 is 0 Å². The van der Waals surface area contributed by atoms with Crippen LogP contribution in [0.3, 0.4) is 0 Å². The molecule has 0 fully saturated rings. The summed E-state index contributed by atoms with van der Waals surface area (Å²) in [6.45, 7) is 6.03. The Balaban J connectivity index is 2.33. The summed E-state index contributed by atoms with van der Waals surface area (Å²) < 4.78 is 0. The van der Waals surface area contributed by atoms with Gasteiger partial charge in [-0.25, -0.2) is 0 Å². The van der Waals surface area contributed by atoms with Crippen LogP contribution in [0.25, 0.3) is 0 Å². The average Bonchev–Trinajstić information content (AvgIpc) is 2.23. The second-order valence-corrected chi connectivity index (χ2v) is 4.02. The lowest BCUT2D eigenvalue weighted by atomic mass is 10.1. The van der Waals surface area contributed by atoms with E-state index < -0.39 is 0 Å². The normalized spacial score (nSPS) is 10.5. The van der Waals surface area contributed by atoms with E-state index in [-0.39, 0.29) is 0 Å². The van der Waals surface area contributed by atoms with Gasteiger partial charge in [0.15, 0.2) is 0 Å². The number of benzene rings is 1. The highest BCUT2D eigenvalue weighted by Gasteiger charge is 1.99. The Kier molecular flexibility index (Phi) is 5.19. The van der Waals surface area contributed by atoms with Gasteiger partial charge >= 0.3 is 0 Å². The summed E-state index contributed by atoms with van der Waals surface area (Å²) in [5.41, 5.74) is 2.18. The highest BCUT2D eigenvalue weighted by atomic mass is 16.3. The molecule has 0 aliphatic rings. The minimum atomic E-state index is 0.392. The Morgan fingerprint density at radius 2 is 2.07 bits per heavy atom. The van der Waals surface area contributed by atoms with Gasteiger partial charge in [0.05, 0.1) is 0 Å². The lowest BCUT2D eigenvalue weighted by molar-refractivity contribution is 0.463. The molecule has 0 radical (unpaired) electrons. The van der Waals surface area contributed by atoms with Crippen LogP contribution in [0, 0.1) is 6.92 Å². The van der Waals surface area contributed by atoms with E-state index >= 15 is 0 Å². The van der Waals surface area contributed by atoms with E-state index in [0.717, 1.165) is 18.7 Å². The Bertz CT molecular complexity index is 297. The summed E-state index contributed by atoms with van der Waals surface area (Å²) >= 11 is 0. The Morgan fingerprint density at radius 3 is 2.80 bits per heavy atom. The molecule has 0 saturated carbocycles. The molecular formula is C13H21NO. The minimum absolute atomic E-state index is 0.392. The molecule has 84 valence electrons. The molecule has 0 unspecified atom stereocenters. The van der Waals surface area contributed by atoms with Crippen molar-refractivity contribution in [3.8, 4) is 5.75 Å². The molecule has 1 rings (SSSR count). The maximum atomic E-state index is 9.60. The van der Waals surface area contributed by atoms with Crippen molar-refractivity contribution < 1.29 is 5.11 Å². The third-order valence-electron chi connectivity index (χ3n) is 2.51. The fourth-order valence-electron chi connectivity index (χ4n) is 1.58. The largest absolute Gasteiger partial charge is 0.508 e. The maximum Gasteiger partial charge on any atom is 0.120 e. The molecule has 2 nitrogen and oxygen atoms in total. The third-order valence-corrected chi connectivity index (χ3v) is 2.51. The SMILES string of the molecule is CCCCCNCc1cc(C)ccc1O. The predicted molar refractivity (Wildman–Crippen MR) is 64.1 cm³/mol.